The van der Waals surface area contributed by atoms with Crippen LogP contribution in [0.15, 0.2) is 39.9 Å². The Kier molecular flexibility index (Phi) is 4.75. The first-order valence-electron chi connectivity index (χ1n) is 5.75. The highest BCUT2D eigenvalue weighted by Gasteiger charge is 2.31. The molecule has 7 heteroatoms. The third-order valence-corrected chi connectivity index (χ3v) is 3.87. The normalized spacial score (nSPS) is 17.6. The van der Waals surface area contributed by atoms with E-state index in [0.717, 1.165) is 11.8 Å². The number of aliphatic carboxylic acids is 1. The van der Waals surface area contributed by atoms with E-state index in [-0.39, 0.29) is 18.9 Å². The standard InChI is InChI=1S/C13H11NO4S2/c15-11(16)6-7-14-12(17)10(20-13(14)19)5-1-3-9-4-2-8-18-9/h1-5,8H,6-7H2,(H,15,16). The van der Waals surface area contributed by atoms with Crippen LogP contribution >= 0.6 is 24.0 Å². The number of carbonyl (C=O) groups excluding carboxylic acids is 1. The molecule has 1 amide bonds. The SMILES string of the molecule is O=C(O)CCN1C(=O)C(=CC=Cc2ccco2)SC1=S. The Morgan fingerprint density at radius 2 is 2.35 bits per heavy atom. The summed E-state index contributed by atoms with van der Waals surface area (Å²) in [7, 11) is 0. The van der Waals surface area contributed by atoms with E-state index in [0.29, 0.717) is 15.0 Å². The summed E-state index contributed by atoms with van der Waals surface area (Å²) < 4.78 is 5.51. The maximum Gasteiger partial charge on any atom is 0.305 e. The second-order valence-corrected chi connectivity index (χ2v) is 5.55. The second kappa shape index (κ2) is 6.53. The number of carboxylic acids is 1. The fraction of sp³-hybridized carbons (Fsp3) is 0.154. The molecule has 1 aliphatic rings. The van der Waals surface area contributed by atoms with E-state index in [4.69, 9.17) is 21.7 Å². The van der Waals surface area contributed by atoms with Crippen LogP contribution in [0.5, 0.6) is 0 Å². The zero-order chi connectivity index (χ0) is 14.5. The van der Waals surface area contributed by atoms with Gasteiger partial charge in [0.1, 0.15) is 10.1 Å². The van der Waals surface area contributed by atoms with Crippen molar-refractivity contribution in [3.63, 3.8) is 0 Å². The molecule has 104 valence electrons. The van der Waals surface area contributed by atoms with Crippen molar-refractivity contribution in [2.75, 3.05) is 6.54 Å². The smallest absolute Gasteiger partial charge is 0.305 e. The van der Waals surface area contributed by atoms with Crippen molar-refractivity contribution in [3.05, 3.63) is 41.2 Å². The lowest BCUT2D eigenvalue weighted by molar-refractivity contribution is -0.137. The first-order valence-corrected chi connectivity index (χ1v) is 6.98. The predicted molar refractivity (Wildman–Crippen MR) is 80.0 cm³/mol. The molecule has 0 unspecified atom stereocenters. The lowest BCUT2D eigenvalue weighted by Gasteiger charge is -2.12. The summed E-state index contributed by atoms with van der Waals surface area (Å²) in [5.41, 5.74) is 0. The molecule has 1 saturated heterocycles. The number of hydrogen-bond acceptors (Lipinski definition) is 5. The van der Waals surface area contributed by atoms with Gasteiger partial charge >= 0.3 is 5.97 Å². The molecule has 1 aliphatic heterocycles. The van der Waals surface area contributed by atoms with Crippen molar-refractivity contribution in [3.8, 4) is 0 Å². The van der Waals surface area contributed by atoms with Crippen molar-refractivity contribution in [2.45, 2.75) is 6.42 Å². The summed E-state index contributed by atoms with van der Waals surface area (Å²) in [6, 6.07) is 3.56. The van der Waals surface area contributed by atoms with Gasteiger partial charge in [0.05, 0.1) is 17.6 Å². The summed E-state index contributed by atoms with van der Waals surface area (Å²) in [4.78, 5) is 24.3. The number of carboxylic acid groups (broad SMARTS) is 1. The quantitative estimate of drug-likeness (QED) is 0.665. The van der Waals surface area contributed by atoms with Crippen LogP contribution < -0.4 is 0 Å². The highest BCUT2D eigenvalue weighted by Crippen LogP contribution is 2.31. The number of carbonyl (C=O) groups is 2. The zero-order valence-corrected chi connectivity index (χ0v) is 11.9. The van der Waals surface area contributed by atoms with Crippen molar-refractivity contribution in [1.29, 1.82) is 0 Å². The Balaban J connectivity index is 2.01. The van der Waals surface area contributed by atoms with Gasteiger partial charge in [-0.25, -0.2) is 0 Å². The second-order valence-electron chi connectivity index (χ2n) is 3.87. The summed E-state index contributed by atoms with van der Waals surface area (Å²) in [5.74, 6) is -0.534. The summed E-state index contributed by atoms with van der Waals surface area (Å²) in [6.07, 6.45) is 6.50. The van der Waals surface area contributed by atoms with Crippen LogP contribution in [0.25, 0.3) is 6.08 Å². The third kappa shape index (κ3) is 3.58. The van der Waals surface area contributed by atoms with Crippen molar-refractivity contribution < 1.29 is 19.1 Å². The average molecular weight is 309 g/mol. The minimum atomic E-state index is -0.958. The number of rotatable bonds is 5. The van der Waals surface area contributed by atoms with Gasteiger partial charge in [0.2, 0.25) is 0 Å². The maximum atomic E-state index is 12.0. The van der Waals surface area contributed by atoms with E-state index in [1.807, 2.05) is 0 Å². The number of hydrogen-bond donors (Lipinski definition) is 1. The minimum absolute atomic E-state index is 0.0965. The van der Waals surface area contributed by atoms with Crippen molar-refractivity contribution >= 4 is 46.3 Å². The van der Waals surface area contributed by atoms with Crippen molar-refractivity contribution in [2.24, 2.45) is 0 Å². The Morgan fingerprint density at radius 3 is 3.00 bits per heavy atom. The topological polar surface area (TPSA) is 70.8 Å². The molecule has 0 spiro atoms. The third-order valence-electron chi connectivity index (χ3n) is 2.47. The molecule has 0 aliphatic carbocycles. The summed E-state index contributed by atoms with van der Waals surface area (Å²) in [5, 5.41) is 8.64. The molecule has 0 bridgehead atoms. The van der Waals surface area contributed by atoms with E-state index in [2.05, 4.69) is 0 Å². The zero-order valence-electron chi connectivity index (χ0n) is 10.3. The molecule has 2 rings (SSSR count). The van der Waals surface area contributed by atoms with Gasteiger partial charge in [-0.1, -0.05) is 30.1 Å². The molecule has 2 heterocycles. The maximum absolute atomic E-state index is 12.0. The van der Waals surface area contributed by atoms with E-state index in [1.165, 1.54) is 4.90 Å². The number of nitrogens with zero attached hydrogens (tertiary/aromatic N) is 1. The number of thioether (sulfide) groups is 1. The molecule has 0 saturated carbocycles. The van der Waals surface area contributed by atoms with Gasteiger partial charge in [-0.3, -0.25) is 14.5 Å². The first-order chi connectivity index (χ1) is 9.58. The van der Waals surface area contributed by atoms with E-state index < -0.39 is 5.97 Å². The van der Waals surface area contributed by atoms with Gasteiger partial charge in [0.15, 0.2) is 0 Å². The predicted octanol–water partition coefficient (Wildman–Crippen LogP) is 2.51. The number of allylic oxidation sites excluding steroid dienone is 2. The van der Waals surface area contributed by atoms with Gasteiger partial charge in [0.25, 0.3) is 5.91 Å². The van der Waals surface area contributed by atoms with Gasteiger partial charge in [-0.05, 0) is 24.3 Å². The Morgan fingerprint density at radius 1 is 1.55 bits per heavy atom. The highest BCUT2D eigenvalue weighted by molar-refractivity contribution is 8.26. The van der Waals surface area contributed by atoms with Gasteiger partial charge in [-0.2, -0.15) is 0 Å². The Labute approximate surface area is 124 Å². The van der Waals surface area contributed by atoms with E-state index in [9.17, 15) is 9.59 Å². The molecular weight excluding hydrogens is 298 g/mol. The average Bonchev–Trinajstić information content (AvgIpc) is 2.98. The van der Waals surface area contributed by atoms with Gasteiger partial charge in [-0.15, -0.1) is 0 Å². The largest absolute Gasteiger partial charge is 0.481 e. The van der Waals surface area contributed by atoms with Crippen LogP contribution in [0.2, 0.25) is 0 Å². The van der Waals surface area contributed by atoms with E-state index >= 15 is 0 Å². The fourth-order valence-corrected chi connectivity index (χ4v) is 2.79. The van der Waals surface area contributed by atoms with Gasteiger partial charge < -0.3 is 9.52 Å². The highest BCUT2D eigenvalue weighted by atomic mass is 32.2. The number of amides is 1. The van der Waals surface area contributed by atoms with E-state index in [1.54, 1.807) is 36.6 Å². The molecule has 5 nitrogen and oxygen atoms in total. The van der Waals surface area contributed by atoms with Gasteiger partial charge in [0, 0.05) is 6.54 Å². The lowest BCUT2D eigenvalue weighted by Crippen LogP contribution is -2.30. The Bertz CT molecular complexity index is 590. The molecule has 0 aromatic carbocycles. The molecule has 0 radical (unpaired) electrons. The lowest BCUT2D eigenvalue weighted by atomic mass is 10.3. The molecular formula is C13H11NO4S2. The van der Waals surface area contributed by atoms with Crippen LogP contribution in [-0.4, -0.2) is 32.7 Å². The molecule has 1 aromatic heterocycles. The molecule has 20 heavy (non-hydrogen) atoms. The molecule has 1 N–H and O–H groups in total. The monoisotopic (exact) mass is 309 g/mol. The first kappa shape index (κ1) is 14.5. The van der Waals surface area contributed by atoms with Crippen LogP contribution in [0.1, 0.15) is 12.2 Å². The van der Waals surface area contributed by atoms with Crippen molar-refractivity contribution in [1.82, 2.24) is 4.90 Å². The van der Waals surface area contributed by atoms with Crippen LogP contribution in [-0.2, 0) is 9.59 Å². The Hall–Kier alpha value is -1.86. The minimum Gasteiger partial charge on any atom is -0.481 e. The fourth-order valence-electron chi connectivity index (χ4n) is 1.53. The molecule has 0 atom stereocenters. The summed E-state index contributed by atoms with van der Waals surface area (Å²) in [6.45, 7) is 0.0965. The van der Waals surface area contributed by atoms with Crippen LogP contribution in [0.3, 0.4) is 0 Å². The number of thiocarbonyl (C=S) groups is 1. The summed E-state index contributed by atoms with van der Waals surface area (Å²) >= 11 is 6.23. The number of furan rings is 1. The molecule has 1 aromatic rings. The van der Waals surface area contributed by atoms with Crippen LogP contribution in [0, 0.1) is 0 Å². The molecule has 1 fully saturated rings. The van der Waals surface area contributed by atoms with Crippen LogP contribution in [0.4, 0.5) is 0 Å².